The Kier molecular flexibility index (Phi) is 6.28. The van der Waals surface area contributed by atoms with E-state index in [-0.39, 0.29) is 18.3 Å². The molecule has 0 radical (unpaired) electrons. The summed E-state index contributed by atoms with van der Waals surface area (Å²) in [6.45, 7) is 3.14. The minimum Gasteiger partial charge on any atom is -0.330 e. The van der Waals surface area contributed by atoms with Gasteiger partial charge in [-0.25, -0.2) is 0 Å². The van der Waals surface area contributed by atoms with Gasteiger partial charge < -0.3 is 10.6 Å². The van der Waals surface area contributed by atoms with Gasteiger partial charge in [-0.2, -0.15) is 0 Å². The fourth-order valence-corrected chi connectivity index (χ4v) is 2.34. The monoisotopic (exact) mass is 283 g/mol. The molecule has 1 fully saturated rings. The minimum absolute atomic E-state index is 0. The van der Waals surface area contributed by atoms with Crippen LogP contribution in [0.1, 0.15) is 6.42 Å². The van der Waals surface area contributed by atoms with Gasteiger partial charge in [-0.3, -0.25) is 9.69 Å². The highest BCUT2D eigenvalue weighted by Crippen LogP contribution is 2.16. The minimum atomic E-state index is 0. The number of para-hydroxylation sites is 1. The molecule has 1 amide bonds. The second-order valence-corrected chi connectivity index (χ2v) is 4.91. The van der Waals surface area contributed by atoms with E-state index in [0.717, 1.165) is 31.7 Å². The van der Waals surface area contributed by atoms with Crippen LogP contribution in [0.25, 0.3) is 0 Å². The fraction of sp³-hybridized carbons (Fsp3) is 0.500. The Morgan fingerprint density at radius 1 is 1.42 bits per heavy atom. The van der Waals surface area contributed by atoms with Gasteiger partial charge >= 0.3 is 0 Å². The molecule has 0 aliphatic carbocycles. The van der Waals surface area contributed by atoms with Crippen LogP contribution >= 0.6 is 12.4 Å². The molecule has 0 bridgehead atoms. The van der Waals surface area contributed by atoms with Crippen molar-refractivity contribution in [2.45, 2.75) is 6.42 Å². The smallest absolute Gasteiger partial charge is 0.240 e. The number of likely N-dealkylation sites (tertiary alicyclic amines) is 1. The molecule has 0 spiro atoms. The molecule has 106 valence electrons. The summed E-state index contributed by atoms with van der Waals surface area (Å²) in [4.78, 5) is 16.1. The highest BCUT2D eigenvalue weighted by Gasteiger charge is 2.24. The maximum absolute atomic E-state index is 12.1. The molecule has 1 aromatic rings. The highest BCUT2D eigenvalue weighted by atomic mass is 35.5. The molecule has 1 saturated heterocycles. The number of hydrogen-bond donors (Lipinski definition) is 1. The number of carbonyl (C=O) groups is 1. The lowest BCUT2D eigenvalue weighted by Crippen LogP contribution is -2.37. The van der Waals surface area contributed by atoms with Crippen LogP contribution in [0.15, 0.2) is 30.3 Å². The van der Waals surface area contributed by atoms with Gasteiger partial charge in [0.2, 0.25) is 5.91 Å². The van der Waals surface area contributed by atoms with Crippen molar-refractivity contribution in [2.75, 3.05) is 38.1 Å². The third kappa shape index (κ3) is 4.20. The summed E-state index contributed by atoms with van der Waals surface area (Å²) >= 11 is 0. The van der Waals surface area contributed by atoms with E-state index in [1.165, 1.54) is 0 Å². The van der Waals surface area contributed by atoms with E-state index in [1.807, 2.05) is 37.4 Å². The summed E-state index contributed by atoms with van der Waals surface area (Å²) in [5.41, 5.74) is 6.60. The summed E-state index contributed by atoms with van der Waals surface area (Å²) in [5.74, 6) is 0.693. The molecule has 19 heavy (non-hydrogen) atoms. The van der Waals surface area contributed by atoms with Crippen molar-refractivity contribution in [3.63, 3.8) is 0 Å². The molecular formula is C14H22ClN3O. The zero-order valence-electron chi connectivity index (χ0n) is 11.3. The molecule has 1 aliphatic heterocycles. The number of carbonyl (C=O) groups excluding carboxylic acids is 1. The van der Waals surface area contributed by atoms with Crippen molar-refractivity contribution < 1.29 is 4.79 Å². The van der Waals surface area contributed by atoms with E-state index in [1.54, 1.807) is 4.90 Å². The number of nitrogens with zero attached hydrogens (tertiary/aromatic N) is 2. The van der Waals surface area contributed by atoms with Gasteiger partial charge in [0.15, 0.2) is 0 Å². The van der Waals surface area contributed by atoms with Gasteiger partial charge in [0.1, 0.15) is 0 Å². The van der Waals surface area contributed by atoms with E-state index >= 15 is 0 Å². The van der Waals surface area contributed by atoms with Crippen LogP contribution < -0.4 is 10.6 Å². The molecule has 5 heteroatoms. The molecule has 0 aromatic heterocycles. The molecule has 0 saturated carbocycles. The topological polar surface area (TPSA) is 49.6 Å². The number of halogens is 1. The Morgan fingerprint density at radius 2 is 2.11 bits per heavy atom. The maximum Gasteiger partial charge on any atom is 0.240 e. The van der Waals surface area contributed by atoms with Crippen LogP contribution in [0.2, 0.25) is 0 Å². The molecule has 1 unspecified atom stereocenters. The lowest BCUT2D eigenvalue weighted by atomic mass is 10.1. The molecule has 1 atom stereocenters. The predicted octanol–water partition coefficient (Wildman–Crippen LogP) is 1.35. The summed E-state index contributed by atoms with van der Waals surface area (Å²) in [5, 5.41) is 0. The van der Waals surface area contributed by atoms with Crippen molar-refractivity contribution in [3.8, 4) is 0 Å². The normalized spacial score (nSPS) is 18.9. The number of likely N-dealkylation sites (N-methyl/N-ethyl adjacent to an activating group) is 1. The lowest BCUT2D eigenvalue weighted by molar-refractivity contribution is -0.119. The lowest BCUT2D eigenvalue weighted by Gasteiger charge is -2.21. The largest absolute Gasteiger partial charge is 0.330 e. The van der Waals surface area contributed by atoms with E-state index in [2.05, 4.69) is 4.90 Å². The average molecular weight is 284 g/mol. The standard InChI is InChI=1S/C14H21N3O.ClH/c1-16(13-5-3-2-4-6-13)14(18)11-17-8-7-12(9-15)10-17;/h2-6,12H,7-11,15H2,1H3;1H. The average Bonchev–Trinajstić information content (AvgIpc) is 2.86. The van der Waals surface area contributed by atoms with Crippen LogP contribution in [0, 0.1) is 5.92 Å². The Hall–Kier alpha value is -1.10. The Bertz CT molecular complexity index is 399. The first-order valence-corrected chi connectivity index (χ1v) is 6.44. The number of amides is 1. The molecule has 2 N–H and O–H groups in total. The Labute approximate surface area is 121 Å². The molecular weight excluding hydrogens is 262 g/mol. The van der Waals surface area contributed by atoms with Crippen molar-refractivity contribution in [3.05, 3.63) is 30.3 Å². The van der Waals surface area contributed by atoms with Gasteiger partial charge in [-0.1, -0.05) is 18.2 Å². The van der Waals surface area contributed by atoms with Crippen LogP contribution in [0.4, 0.5) is 5.69 Å². The van der Waals surface area contributed by atoms with Gasteiger partial charge in [0.25, 0.3) is 0 Å². The zero-order valence-corrected chi connectivity index (χ0v) is 12.1. The molecule has 1 heterocycles. The predicted molar refractivity (Wildman–Crippen MR) is 80.7 cm³/mol. The zero-order chi connectivity index (χ0) is 13.0. The number of anilines is 1. The van der Waals surface area contributed by atoms with Crippen molar-refractivity contribution >= 4 is 24.0 Å². The molecule has 1 aliphatic rings. The van der Waals surface area contributed by atoms with Gasteiger partial charge in [0.05, 0.1) is 6.54 Å². The number of benzene rings is 1. The van der Waals surface area contributed by atoms with Crippen molar-refractivity contribution in [1.82, 2.24) is 4.90 Å². The fourth-order valence-electron chi connectivity index (χ4n) is 2.34. The highest BCUT2D eigenvalue weighted by molar-refractivity contribution is 5.94. The first-order chi connectivity index (χ1) is 8.70. The third-order valence-corrected chi connectivity index (χ3v) is 3.58. The van der Waals surface area contributed by atoms with E-state index in [0.29, 0.717) is 12.5 Å². The summed E-state index contributed by atoms with van der Waals surface area (Å²) in [7, 11) is 1.83. The molecule has 2 rings (SSSR count). The van der Waals surface area contributed by atoms with Gasteiger partial charge in [-0.15, -0.1) is 12.4 Å². The second kappa shape index (κ2) is 7.48. The number of nitrogens with two attached hydrogens (primary N) is 1. The van der Waals surface area contributed by atoms with Crippen molar-refractivity contribution in [1.29, 1.82) is 0 Å². The second-order valence-electron chi connectivity index (χ2n) is 4.91. The van der Waals surface area contributed by atoms with Crippen LogP contribution in [-0.2, 0) is 4.79 Å². The summed E-state index contributed by atoms with van der Waals surface area (Å²) < 4.78 is 0. The van der Waals surface area contributed by atoms with Crippen LogP contribution in [-0.4, -0.2) is 44.0 Å². The Balaban J connectivity index is 0.00000180. The first-order valence-electron chi connectivity index (χ1n) is 6.44. The summed E-state index contributed by atoms with van der Waals surface area (Å²) in [6, 6.07) is 9.74. The number of hydrogen-bond acceptors (Lipinski definition) is 3. The number of rotatable bonds is 4. The van der Waals surface area contributed by atoms with Crippen molar-refractivity contribution in [2.24, 2.45) is 11.7 Å². The third-order valence-electron chi connectivity index (χ3n) is 3.58. The van der Waals surface area contributed by atoms with Crippen LogP contribution in [0.3, 0.4) is 0 Å². The quantitative estimate of drug-likeness (QED) is 0.908. The maximum atomic E-state index is 12.1. The van der Waals surface area contributed by atoms with E-state index in [4.69, 9.17) is 5.73 Å². The van der Waals surface area contributed by atoms with Gasteiger partial charge in [-0.05, 0) is 37.6 Å². The van der Waals surface area contributed by atoms with E-state index < -0.39 is 0 Å². The molecule has 1 aromatic carbocycles. The van der Waals surface area contributed by atoms with Crippen LogP contribution in [0.5, 0.6) is 0 Å². The summed E-state index contributed by atoms with van der Waals surface area (Å²) in [6.07, 6.45) is 1.11. The van der Waals surface area contributed by atoms with Gasteiger partial charge in [0, 0.05) is 19.3 Å². The first kappa shape index (κ1) is 16.0. The Morgan fingerprint density at radius 3 is 2.68 bits per heavy atom. The van der Waals surface area contributed by atoms with E-state index in [9.17, 15) is 4.79 Å². The SMILES string of the molecule is CN(C(=O)CN1CCC(CN)C1)c1ccccc1.Cl. The molecule has 4 nitrogen and oxygen atoms in total.